The molecule has 1 aromatic rings. The van der Waals surface area contributed by atoms with E-state index in [-0.39, 0.29) is 24.4 Å². The highest BCUT2D eigenvalue weighted by atomic mass is 35.5. The van der Waals surface area contributed by atoms with Gasteiger partial charge in [0.1, 0.15) is 6.10 Å². The van der Waals surface area contributed by atoms with Crippen LogP contribution in [0.4, 0.5) is 5.69 Å². The molecule has 1 aromatic carbocycles. The molecule has 2 fully saturated rings. The molecular formula is C19H29ClN2O3S. The largest absolute Gasteiger partial charge is 0.364 e. The SMILES string of the molecule is Cl.NC[C@H]1CC[C@@H](C(=O)Nc2cccc(CS(=O)C3CCCCC3)c2)O1. The molecule has 2 aliphatic rings. The molecule has 1 aliphatic carbocycles. The first-order valence-corrected chi connectivity index (χ1v) is 10.7. The van der Waals surface area contributed by atoms with Gasteiger partial charge in [0.05, 0.1) is 6.10 Å². The van der Waals surface area contributed by atoms with Gasteiger partial charge in [-0.25, -0.2) is 0 Å². The van der Waals surface area contributed by atoms with E-state index in [1.54, 1.807) is 0 Å². The van der Waals surface area contributed by atoms with E-state index in [0.717, 1.165) is 30.5 Å². The third kappa shape index (κ3) is 5.78. The van der Waals surface area contributed by atoms with E-state index in [1.807, 2.05) is 24.3 Å². The van der Waals surface area contributed by atoms with Gasteiger partial charge in [0.15, 0.2) is 0 Å². The molecule has 3 atom stereocenters. The molecule has 26 heavy (non-hydrogen) atoms. The number of carbonyl (C=O) groups excluding carboxylic acids is 1. The monoisotopic (exact) mass is 400 g/mol. The van der Waals surface area contributed by atoms with Crippen molar-refractivity contribution in [3.63, 3.8) is 0 Å². The zero-order chi connectivity index (χ0) is 17.6. The summed E-state index contributed by atoms with van der Waals surface area (Å²) < 4.78 is 18.2. The molecule has 1 aliphatic heterocycles. The van der Waals surface area contributed by atoms with E-state index in [9.17, 15) is 9.00 Å². The molecular weight excluding hydrogens is 372 g/mol. The average Bonchev–Trinajstić information content (AvgIpc) is 3.12. The molecule has 1 saturated carbocycles. The second-order valence-corrected chi connectivity index (χ2v) is 8.75. The fraction of sp³-hybridized carbons (Fsp3) is 0.632. The van der Waals surface area contributed by atoms with Crippen LogP contribution in [0.25, 0.3) is 0 Å². The number of carbonyl (C=O) groups is 1. The minimum Gasteiger partial charge on any atom is -0.364 e. The number of rotatable bonds is 6. The summed E-state index contributed by atoms with van der Waals surface area (Å²) in [4.78, 5) is 12.3. The van der Waals surface area contributed by atoms with Gasteiger partial charge in [0, 0.05) is 34.0 Å². The van der Waals surface area contributed by atoms with E-state index < -0.39 is 16.9 Å². The molecule has 1 amide bonds. The summed E-state index contributed by atoms with van der Waals surface area (Å²) in [5.74, 6) is 0.435. The van der Waals surface area contributed by atoms with Gasteiger partial charge >= 0.3 is 0 Å². The van der Waals surface area contributed by atoms with Crippen molar-refractivity contribution in [2.24, 2.45) is 5.73 Å². The van der Waals surface area contributed by atoms with Crippen molar-refractivity contribution < 1.29 is 13.7 Å². The number of benzene rings is 1. The van der Waals surface area contributed by atoms with Gasteiger partial charge in [-0.3, -0.25) is 9.00 Å². The lowest BCUT2D eigenvalue weighted by molar-refractivity contribution is -0.126. The van der Waals surface area contributed by atoms with Crippen molar-refractivity contribution in [2.45, 2.75) is 68.2 Å². The summed E-state index contributed by atoms with van der Waals surface area (Å²) in [7, 11) is -0.838. The molecule has 5 nitrogen and oxygen atoms in total. The van der Waals surface area contributed by atoms with Crippen LogP contribution in [0, 0.1) is 0 Å². The van der Waals surface area contributed by atoms with Crippen molar-refractivity contribution in [1.82, 2.24) is 0 Å². The summed E-state index contributed by atoms with van der Waals surface area (Å²) in [6.45, 7) is 0.451. The number of hydrogen-bond acceptors (Lipinski definition) is 4. The van der Waals surface area contributed by atoms with E-state index in [4.69, 9.17) is 10.5 Å². The van der Waals surface area contributed by atoms with Crippen LogP contribution in [-0.2, 0) is 26.1 Å². The first-order valence-electron chi connectivity index (χ1n) is 9.28. The maximum absolute atomic E-state index is 12.6. The molecule has 1 saturated heterocycles. The third-order valence-electron chi connectivity index (χ3n) is 5.09. The lowest BCUT2D eigenvalue weighted by atomic mass is 10.0. The molecule has 1 unspecified atom stereocenters. The Hall–Kier alpha value is -0.950. The Morgan fingerprint density at radius 1 is 1.19 bits per heavy atom. The summed E-state index contributed by atoms with van der Waals surface area (Å²) in [6.07, 6.45) is 6.90. The quantitative estimate of drug-likeness (QED) is 0.768. The van der Waals surface area contributed by atoms with Gasteiger partial charge in [0.25, 0.3) is 5.91 Å². The zero-order valence-corrected chi connectivity index (χ0v) is 16.7. The summed E-state index contributed by atoms with van der Waals surface area (Å²) in [6, 6.07) is 7.67. The van der Waals surface area contributed by atoms with E-state index >= 15 is 0 Å². The fourth-order valence-electron chi connectivity index (χ4n) is 3.64. The van der Waals surface area contributed by atoms with Gasteiger partial charge in [-0.1, -0.05) is 31.4 Å². The van der Waals surface area contributed by atoms with Crippen molar-refractivity contribution in [2.75, 3.05) is 11.9 Å². The highest BCUT2D eigenvalue weighted by Gasteiger charge is 2.29. The second-order valence-electron chi connectivity index (χ2n) is 7.03. The van der Waals surface area contributed by atoms with Gasteiger partial charge < -0.3 is 15.8 Å². The van der Waals surface area contributed by atoms with E-state index in [1.165, 1.54) is 19.3 Å². The van der Waals surface area contributed by atoms with Gasteiger partial charge in [-0.15, -0.1) is 12.4 Å². The Bertz CT molecular complexity index is 623. The maximum Gasteiger partial charge on any atom is 0.253 e. The summed E-state index contributed by atoms with van der Waals surface area (Å²) in [5.41, 5.74) is 7.34. The predicted molar refractivity (Wildman–Crippen MR) is 108 cm³/mol. The van der Waals surface area contributed by atoms with Crippen LogP contribution >= 0.6 is 12.4 Å². The van der Waals surface area contributed by atoms with Crippen LogP contribution in [-0.4, -0.2) is 34.1 Å². The maximum atomic E-state index is 12.6. The van der Waals surface area contributed by atoms with Crippen molar-refractivity contribution in [3.05, 3.63) is 29.8 Å². The van der Waals surface area contributed by atoms with Crippen molar-refractivity contribution in [3.8, 4) is 0 Å². The lowest BCUT2D eigenvalue weighted by Gasteiger charge is -2.21. The Morgan fingerprint density at radius 2 is 1.96 bits per heavy atom. The van der Waals surface area contributed by atoms with Gasteiger partial charge in [0.2, 0.25) is 0 Å². The topological polar surface area (TPSA) is 81.4 Å². The zero-order valence-electron chi connectivity index (χ0n) is 15.0. The standard InChI is InChI=1S/C19H28N2O3S.ClH/c20-12-16-9-10-18(24-16)19(22)21-15-6-4-5-14(11-15)13-25(23)17-7-2-1-3-8-17;/h4-6,11,16-18H,1-3,7-10,12-13,20H2,(H,21,22);1H/t16-,18+,25?;/m1./s1. The first-order chi connectivity index (χ1) is 12.2. The summed E-state index contributed by atoms with van der Waals surface area (Å²) >= 11 is 0. The second kappa shape index (κ2) is 10.4. The number of anilines is 1. The molecule has 146 valence electrons. The van der Waals surface area contributed by atoms with Crippen LogP contribution in [0.2, 0.25) is 0 Å². The molecule has 7 heteroatoms. The third-order valence-corrected chi connectivity index (χ3v) is 6.92. The Labute approximate surface area is 164 Å². The molecule has 0 radical (unpaired) electrons. The average molecular weight is 401 g/mol. The van der Waals surface area contributed by atoms with Gasteiger partial charge in [-0.05, 0) is 43.4 Å². The molecule has 3 rings (SSSR count). The van der Waals surface area contributed by atoms with Crippen LogP contribution in [0.1, 0.15) is 50.5 Å². The van der Waals surface area contributed by atoms with Crippen molar-refractivity contribution in [1.29, 1.82) is 0 Å². The minimum absolute atomic E-state index is 0. The number of halogens is 1. The lowest BCUT2D eigenvalue weighted by Crippen LogP contribution is -2.29. The molecule has 0 spiro atoms. The van der Waals surface area contributed by atoms with Crippen LogP contribution in [0.3, 0.4) is 0 Å². The molecule has 3 N–H and O–H groups in total. The first kappa shape index (κ1) is 21.4. The van der Waals surface area contributed by atoms with E-state index in [2.05, 4.69) is 5.32 Å². The minimum atomic E-state index is -0.838. The van der Waals surface area contributed by atoms with Crippen LogP contribution in [0.5, 0.6) is 0 Å². The Balaban J connectivity index is 0.00000243. The molecule has 1 heterocycles. The predicted octanol–water partition coefficient (Wildman–Crippen LogP) is 3.13. The number of nitrogens with two attached hydrogens (primary N) is 1. The number of hydrogen-bond donors (Lipinski definition) is 2. The Kier molecular flexibility index (Phi) is 8.54. The fourth-order valence-corrected chi connectivity index (χ4v) is 5.25. The summed E-state index contributed by atoms with van der Waals surface area (Å²) in [5, 5.41) is 3.24. The Morgan fingerprint density at radius 3 is 2.65 bits per heavy atom. The molecule has 0 aromatic heterocycles. The smallest absolute Gasteiger partial charge is 0.253 e. The van der Waals surface area contributed by atoms with Crippen LogP contribution < -0.4 is 11.1 Å². The highest BCUT2D eigenvalue weighted by molar-refractivity contribution is 7.84. The molecule has 0 bridgehead atoms. The number of ether oxygens (including phenoxy) is 1. The van der Waals surface area contributed by atoms with Crippen molar-refractivity contribution >= 4 is 34.8 Å². The van der Waals surface area contributed by atoms with E-state index in [0.29, 0.717) is 24.0 Å². The number of amides is 1. The number of nitrogens with one attached hydrogen (secondary N) is 1. The van der Waals surface area contributed by atoms with Gasteiger partial charge in [-0.2, -0.15) is 0 Å². The van der Waals surface area contributed by atoms with Crippen LogP contribution in [0.15, 0.2) is 24.3 Å². The highest BCUT2D eigenvalue weighted by Crippen LogP contribution is 2.25. The normalized spacial score (nSPS) is 24.7.